The van der Waals surface area contributed by atoms with Gasteiger partial charge in [-0.15, -0.1) is 16.8 Å². The number of amides is 1. The number of anilines is 1. The van der Waals surface area contributed by atoms with Crippen molar-refractivity contribution in [2.24, 2.45) is 0 Å². The summed E-state index contributed by atoms with van der Waals surface area (Å²) in [4.78, 5) is 12.4. The van der Waals surface area contributed by atoms with E-state index in [2.05, 4.69) is 48.1 Å². The van der Waals surface area contributed by atoms with Crippen LogP contribution in [0.4, 0.5) is 5.69 Å². The maximum absolute atomic E-state index is 12.4. The van der Waals surface area contributed by atoms with Gasteiger partial charge in [-0.3, -0.25) is 9.36 Å². The van der Waals surface area contributed by atoms with Gasteiger partial charge in [-0.05, 0) is 54.7 Å². The fourth-order valence-corrected chi connectivity index (χ4v) is 3.92. The maximum Gasteiger partial charge on any atom is 0.234 e. The Kier molecular flexibility index (Phi) is 8.50. The zero-order valence-corrected chi connectivity index (χ0v) is 19.7. The predicted molar refractivity (Wildman–Crippen MR) is 130 cm³/mol. The molecular formula is C25H30N4O2S. The van der Waals surface area contributed by atoms with Gasteiger partial charge in [-0.25, -0.2) is 0 Å². The SMILES string of the molecule is C=CCn1c(COc2cccc(C)c2)nnc1SCC(=O)Nc1ccc(C(C)CC)cc1. The second-order valence-corrected chi connectivity index (χ2v) is 8.61. The fraction of sp³-hybridized carbons (Fsp3) is 0.320. The number of ether oxygens (including phenoxy) is 1. The molecule has 6 nitrogen and oxygen atoms in total. The number of aryl methyl sites for hydroxylation is 1. The van der Waals surface area contributed by atoms with Gasteiger partial charge in [0.2, 0.25) is 5.91 Å². The van der Waals surface area contributed by atoms with Crippen LogP contribution in [0.1, 0.15) is 43.1 Å². The Morgan fingerprint density at radius 2 is 2.03 bits per heavy atom. The quantitative estimate of drug-likeness (QED) is 0.304. The maximum atomic E-state index is 12.4. The van der Waals surface area contributed by atoms with Crippen LogP contribution in [0, 0.1) is 6.92 Å². The van der Waals surface area contributed by atoms with Gasteiger partial charge in [-0.2, -0.15) is 0 Å². The van der Waals surface area contributed by atoms with Gasteiger partial charge in [0.25, 0.3) is 0 Å². The summed E-state index contributed by atoms with van der Waals surface area (Å²) < 4.78 is 7.78. The molecule has 0 aliphatic heterocycles. The third-order valence-electron chi connectivity index (χ3n) is 5.17. The standard InChI is InChI=1S/C25H30N4O2S/c1-5-14-29-23(16-31-22-9-7-8-18(3)15-22)27-28-25(29)32-17-24(30)26-21-12-10-20(11-13-21)19(4)6-2/h5,7-13,15,19H,1,6,14,16-17H2,2-4H3,(H,26,30). The molecule has 32 heavy (non-hydrogen) atoms. The number of hydrogen-bond donors (Lipinski definition) is 1. The highest BCUT2D eigenvalue weighted by Crippen LogP contribution is 2.22. The highest BCUT2D eigenvalue weighted by Gasteiger charge is 2.14. The van der Waals surface area contributed by atoms with Gasteiger partial charge in [0.05, 0.1) is 5.75 Å². The van der Waals surface area contributed by atoms with E-state index in [9.17, 15) is 4.79 Å². The number of rotatable bonds is 11. The molecular weight excluding hydrogens is 420 g/mol. The summed E-state index contributed by atoms with van der Waals surface area (Å²) in [6.45, 7) is 11.0. The van der Waals surface area contributed by atoms with E-state index in [0.717, 1.165) is 23.4 Å². The van der Waals surface area contributed by atoms with E-state index in [1.165, 1.54) is 17.3 Å². The van der Waals surface area contributed by atoms with E-state index in [1.54, 1.807) is 6.08 Å². The van der Waals surface area contributed by atoms with Crippen molar-refractivity contribution < 1.29 is 9.53 Å². The fourth-order valence-electron chi connectivity index (χ4n) is 3.16. The summed E-state index contributed by atoms with van der Waals surface area (Å²) >= 11 is 1.34. The van der Waals surface area contributed by atoms with Gasteiger partial charge in [-0.1, -0.05) is 56.0 Å². The first-order valence-electron chi connectivity index (χ1n) is 10.7. The highest BCUT2D eigenvalue weighted by molar-refractivity contribution is 7.99. The topological polar surface area (TPSA) is 69.0 Å². The molecule has 1 aromatic heterocycles. The summed E-state index contributed by atoms with van der Waals surface area (Å²) in [5.41, 5.74) is 3.20. The number of benzene rings is 2. The molecule has 0 aliphatic rings. The lowest BCUT2D eigenvalue weighted by atomic mass is 9.99. The second kappa shape index (κ2) is 11.5. The van der Waals surface area contributed by atoms with Gasteiger partial charge in [0.1, 0.15) is 12.4 Å². The Morgan fingerprint density at radius 3 is 2.72 bits per heavy atom. The molecule has 7 heteroatoms. The van der Waals surface area contributed by atoms with Crippen LogP contribution in [0.15, 0.2) is 66.3 Å². The number of aromatic nitrogens is 3. The van der Waals surface area contributed by atoms with Crippen LogP contribution in [0.2, 0.25) is 0 Å². The van der Waals surface area contributed by atoms with E-state index < -0.39 is 0 Å². The molecule has 0 fully saturated rings. The van der Waals surface area contributed by atoms with Crippen LogP contribution in [-0.4, -0.2) is 26.4 Å². The van der Waals surface area contributed by atoms with Crippen LogP contribution in [0.5, 0.6) is 5.75 Å². The first-order chi connectivity index (χ1) is 15.5. The number of thioether (sulfide) groups is 1. The van der Waals surface area contributed by atoms with Crippen molar-refractivity contribution in [2.75, 3.05) is 11.1 Å². The molecule has 2 aromatic carbocycles. The summed E-state index contributed by atoms with van der Waals surface area (Å²) in [5.74, 6) is 2.13. The van der Waals surface area contributed by atoms with E-state index in [4.69, 9.17) is 4.74 Å². The number of carbonyl (C=O) groups excluding carboxylic acids is 1. The lowest BCUT2D eigenvalue weighted by Crippen LogP contribution is -2.15. The largest absolute Gasteiger partial charge is 0.486 e. The second-order valence-electron chi connectivity index (χ2n) is 7.67. The Labute approximate surface area is 194 Å². The van der Waals surface area contributed by atoms with Crippen molar-refractivity contribution in [2.45, 2.75) is 51.4 Å². The van der Waals surface area contributed by atoms with Gasteiger partial charge < -0.3 is 10.1 Å². The predicted octanol–water partition coefficient (Wildman–Crippen LogP) is 5.60. The lowest BCUT2D eigenvalue weighted by Gasteiger charge is -2.11. The zero-order chi connectivity index (χ0) is 22.9. The van der Waals surface area contributed by atoms with Crippen molar-refractivity contribution >= 4 is 23.4 Å². The molecule has 0 saturated heterocycles. The van der Waals surface area contributed by atoms with E-state index in [0.29, 0.717) is 30.1 Å². The first kappa shape index (κ1) is 23.6. The molecule has 0 saturated carbocycles. The number of hydrogen-bond acceptors (Lipinski definition) is 5. The summed E-state index contributed by atoms with van der Waals surface area (Å²) in [6.07, 6.45) is 2.87. The summed E-state index contributed by atoms with van der Waals surface area (Å²) in [7, 11) is 0. The molecule has 1 heterocycles. The molecule has 1 unspecified atom stereocenters. The average molecular weight is 451 g/mol. The third kappa shape index (κ3) is 6.47. The van der Waals surface area contributed by atoms with E-state index >= 15 is 0 Å². The van der Waals surface area contributed by atoms with Crippen LogP contribution in [0.25, 0.3) is 0 Å². The normalized spacial score (nSPS) is 11.7. The minimum absolute atomic E-state index is 0.0861. The van der Waals surface area contributed by atoms with Gasteiger partial charge >= 0.3 is 0 Å². The van der Waals surface area contributed by atoms with Crippen LogP contribution >= 0.6 is 11.8 Å². The van der Waals surface area contributed by atoms with Crippen molar-refractivity contribution in [1.29, 1.82) is 0 Å². The molecule has 0 radical (unpaired) electrons. The average Bonchev–Trinajstić information content (AvgIpc) is 3.18. The third-order valence-corrected chi connectivity index (χ3v) is 6.14. The van der Waals surface area contributed by atoms with Crippen molar-refractivity contribution in [3.05, 3.63) is 78.1 Å². The Hall–Kier alpha value is -3.06. The summed E-state index contributed by atoms with van der Waals surface area (Å²) in [5, 5.41) is 12.1. The lowest BCUT2D eigenvalue weighted by molar-refractivity contribution is -0.113. The van der Waals surface area contributed by atoms with E-state index in [1.807, 2.05) is 47.9 Å². The molecule has 3 aromatic rings. The highest BCUT2D eigenvalue weighted by atomic mass is 32.2. The molecule has 1 amide bonds. The van der Waals surface area contributed by atoms with Crippen molar-refractivity contribution in [1.82, 2.24) is 14.8 Å². The van der Waals surface area contributed by atoms with Crippen molar-refractivity contribution in [3.8, 4) is 5.75 Å². The molecule has 0 spiro atoms. The number of allylic oxidation sites excluding steroid dienone is 1. The van der Waals surface area contributed by atoms with E-state index in [-0.39, 0.29) is 11.7 Å². The van der Waals surface area contributed by atoms with Crippen molar-refractivity contribution in [3.63, 3.8) is 0 Å². The first-order valence-corrected chi connectivity index (χ1v) is 11.7. The Balaban J connectivity index is 1.58. The molecule has 1 N–H and O–H groups in total. The molecule has 0 aliphatic carbocycles. The van der Waals surface area contributed by atoms with Gasteiger partial charge in [0, 0.05) is 12.2 Å². The zero-order valence-electron chi connectivity index (χ0n) is 18.9. The van der Waals surface area contributed by atoms with Crippen LogP contribution in [0.3, 0.4) is 0 Å². The minimum atomic E-state index is -0.0861. The number of nitrogens with one attached hydrogen (secondary N) is 1. The Morgan fingerprint density at radius 1 is 1.25 bits per heavy atom. The molecule has 1 atom stereocenters. The van der Waals surface area contributed by atoms with Gasteiger partial charge in [0.15, 0.2) is 11.0 Å². The molecule has 168 valence electrons. The monoisotopic (exact) mass is 450 g/mol. The number of nitrogens with zero attached hydrogens (tertiary/aromatic N) is 3. The summed E-state index contributed by atoms with van der Waals surface area (Å²) in [6, 6.07) is 15.9. The Bertz CT molecular complexity index is 1050. The number of carbonyl (C=O) groups is 1. The van der Waals surface area contributed by atoms with Crippen LogP contribution in [-0.2, 0) is 17.9 Å². The molecule has 0 bridgehead atoms. The minimum Gasteiger partial charge on any atom is -0.486 e. The van der Waals surface area contributed by atoms with Crippen LogP contribution < -0.4 is 10.1 Å². The molecule has 3 rings (SSSR count). The smallest absolute Gasteiger partial charge is 0.234 e.